The van der Waals surface area contributed by atoms with E-state index in [1.807, 2.05) is 49.9 Å². The molecule has 2 aromatic rings. The molecule has 4 rings (SSSR count). The quantitative estimate of drug-likeness (QED) is 0.686. The van der Waals surface area contributed by atoms with Crippen molar-refractivity contribution in [2.75, 3.05) is 62.2 Å². The van der Waals surface area contributed by atoms with E-state index in [9.17, 15) is 14.9 Å². The van der Waals surface area contributed by atoms with Gasteiger partial charge in [0.15, 0.2) is 0 Å². The van der Waals surface area contributed by atoms with E-state index in [0.717, 1.165) is 37.6 Å². The summed E-state index contributed by atoms with van der Waals surface area (Å²) in [6.07, 6.45) is 0. The SMILES string of the molecule is CC(C)(C)NC(=O)N1CCN(c2nc(CN3CCN(c4ccccc4C#N)CC3)cc(=O)[nH]2)CC1. The summed E-state index contributed by atoms with van der Waals surface area (Å²) in [5.41, 5.74) is 1.96. The van der Waals surface area contributed by atoms with Crippen LogP contribution in [0.4, 0.5) is 16.4 Å². The van der Waals surface area contributed by atoms with Crippen LogP contribution < -0.4 is 20.7 Å². The van der Waals surface area contributed by atoms with E-state index in [1.54, 1.807) is 11.0 Å². The number of anilines is 2. The number of piperazine rings is 2. The second kappa shape index (κ2) is 10.4. The standard InChI is InChI=1S/C25H34N8O2/c1-25(2,3)29-24(35)33-14-12-32(13-15-33)23-27-20(16-22(34)28-23)18-30-8-10-31(11-9-30)21-7-5-4-6-19(21)17-26/h4-7,16H,8-15,18H2,1-3H3,(H,29,35)(H,27,28,34). The van der Waals surface area contributed by atoms with Gasteiger partial charge in [0.1, 0.15) is 6.07 Å². The number of nitriles is 1. The molecule has 2 aliphatic heterocycles. The Kier molecular flexibility index (Phi) is 7.26. The van der Waals surface area contributed by atoms with Gasteiger partial charge in [0.05, 0.1) is 16.9 Å². The maximum Gasteiger partial charge on any atom is 0.317 e. The molecular formula is C25H34N8O2. The molecule has 2 amide bonds. The van der Waals surface area contributed by atoms with Gasteiger partial charge in [-0.25, -0.2) is 9.78 Å². The van der Waals surface area contributed by atoms with E-state index in [2.05, 4.69) is 26.2 Å². The average Bonchev–Trinajstić information content (AvgIpc) is 2.83. The zero-order chi connectivity index (χ0) is 25.0. The molecule has 0 radical (unpaired) electrons. The van der Waals surface area contributed by atoms with Crippen LogP contribution in [0.25, 0.3) is 0 Å². The monoisotopic (exact) mass is 478 g/mol. The average molecular weight is 479 g/mol. The molecule has 186 valence electrons. The van der Waals surface area contributed by atoms with Gasteiger partial charge >= 0.3 is 6.03 Å². The van der Waals surface area contributed by atoms with Crippen LogP contribution in [-0.2, 0) is 6.54 Å². The third-order valence-electron chi connectivity index (χ3n) is 6.25. The highest BCUT2D eigenvalue weighted by atomic mass is 16.2. The van der Waals surface area contributed by atoms with Crippen molar-refractivity contribution in [2.24, 2.45) is 0 Å². The van der Waals surface area contributed by atoms with Crippen molar-refractivity contribution in [2.45, 2.75) is 32.9 Å². The Hall–Kier alpha value is -3.58. The predicted molar refractivity (Wildman–Crippen MR) is 136 cm³/mol. The first-order valence-corrected chi connectivity index (χ1v) is 12.1. The van der Waals surface area contributed by atoms with E-state index in [4.69, 9.17) is 4.98 Å². The third-order valence-corrected chi connectivity index (χ3v) is 6.25. The van der Waals surface area contributed by atoms with Crippen LogP contribution in [0.3, 0.4) is 0 Å². The molecule has 1 aromatic carbocycles. The summed E-state index contributed by atoms with van der Waals surface area (Å²) in [5.74, 6) is 0.560. The smallest absolute Gasteiger partial charge is 0.317 e. The number of carbonyl (C=O) groups is 1. The highest BCUT2D eigenvalue weighted by Gasteiger charge is 2.25. The lowest BCUT2D eigenvalue weighted by Gasteiger charge is -2.37. The fraction of sp³-hybridized carbons (Fsp3) is 0.520. The number of carbonyl (C=O) groups excluding carboxylic acids is 1. The number of nitrogens with one attached hydrogen (secondary N) is 2. The molecule has 2 N–H and O–H groups in total. The zero-order valence-corrected chi connectivity index (χ0v) is 20.8. The highest BCUT2D eigenvalue weighted by molar-refractivity contribution is 5.75. The molecule has 0 bridgehead atoms. The molecular weight excluding hydrogens is 444 g/mol. The maximum absolute atomic E-state index is 12.4. The molecule has 0 aliphatic carbocycles. The molecule has 10 nitrogen and oxygen atoms in total. The van der Waals surface area contributed by atoms with Crippen molar-refractivity contribution in [3.63, 3.8) is 0 Å². The molecule has 35 heavy (non-hydrogen) atoms. The van der Waals surface area contributed by atoms with E-state index in [0.29, 0.717) is 44.2 Å². The molecule has 0 unspecified atom stereocenters. The summed E-state index contributed by atoms with van der Waals surface area (Å²) in [6.45, 7) is 12.1. The summed E-state index contributed by atoms with van der Waals surface area (Å²) in [6, 6.07) is 11.5. The summed E-state index contributed by atoms with van der Waals surface area (Å²) in [4.78, 5) is 40.8. The molecule has 2 saturated heterocycles. The van der Waals surface area contributed by atoms with Crippen molar-refractivity contribution < 1.29 is 4.79 Å². The Balaban J connectivity index is 1.34. The number of nitrogens with zero attached hydrogens (tertiary/aromatic N) is 6. The van der Waals surface area contributed by atoms with E-state index in [1.165, 1.54) is 0 Å². The Labute approximate surface area is 206 Å². The fourth-order valence-electron chi connectivity index (χ4n) is 4.47. The van der Waals surface area contributed by atoms with Crippen LogP contribution in [0.5, 0.6) is 0 Å². The Morgan fingerprint density at radius 1 is 1.06 bits per heavy atom. The van der Waals surface area contributed by atoms with Gasteiger partial charge < -0.3 is 20.0 Å². The zero-order valence-electron chi connectivity index (χ0n) is 20.8. The summed E-state index contributed by atoms with van der Waals surface area (Å²) >= 11 is 0. The lowest BCUT2D eigenvalue weighted by atomic mass is 10.1. The van der Waals surface area contributed by atoms with Crippen molar-refractivity contribution >= 4 is 17.7 Å². The molecule has 10 heteroatoms. The van der Waals surface area contributed by atoms with Crippen LogP contribution in [0.15, 0.2) is 35.1 Å². The highest BCUT2D eigenvalue weighted by Crippen LogP contribution is 2.21. The summed E-state index contributed by atoms with van der Waals surface area (Å²) < 4.78 is 0. The number of rotatable bonds is 4. The Morgan fingerprint density at radius 2 is 1.71 bits per heavy atom. The number of hydrogen-bond donors (Lipinski definition) is 2. The molecule has 1 aromatic heterocycles. The van der Waals surface area contributed by atoms with Crippen molar-refractivity contribution in [1.29, 1.82) is 5.26 Å². The van der Waals surface area contributed by atoms with Crippen molar-refractivity contribution in [3.05, 3.63) is 51.9 Å². The summed E-state index contributed by atoms with van der Waals surface area (Å²) in [7, 11) is 0. The van der Waals surface area contributed by atoms with Crippen LogP contribution in [0, 0.1) is 11.3 Å². The minimum Gasteiger partial charge on any atom is -0.368 e. The number of para-hydroxylation sites is 1. The largest absolute Gasteiger partial charge is 0.368 e. The molecule has 3 heterocycles. The van der Waals surface area contributed by atoms with Gasteiger partial charge in [0, 0.05) is 70.5 Å². The van der Waals surface area contributed by atoms with Gasteiger partial charge in [0.2, 0.25) is 5.95 Å². The van der Waals surface area contributed by atoms with E-state index >= 15 is 0 Å². The number of amides is 2. The number of urea groups is 1. The van der Waals surface area contributed by atoms with Gasteiger partial charge in [-0.3, -0.25) is 14.7 Å². The van der Waals surface area contributed by atoms with Gasteiger partial charge in [-0.15, -0.1) is 0 Å². The Bertz CT molecular complexity index is 1130. The van der Waals surface area contributed by atoms with Gasteiger partial charge in [-0.2, -0.15) is 5.26 Å². The van der Waals surface area contributed by atoms with Gasteiger partial charge in [-0.05, 0) is 32.9 Å². The first-order chi connectivity index (χ1) is 16.7. The number of H-pyrrole nitrogens is 1. The van der Waals surface area contributed by atoms with E-state index < -0.39 is 0 Å². The van der Waals surface area contributed by atoms with Gasteiger partial charge in [-0.1, -0.05) is 12.1 Å². The first-order valence-electron chi connectivity index (χ1n) is 12.1. The first kappa shape index (κ1) is 24.5. The molecule has 0 spiro atoms. The van der Waals surface area contributed by atoms with E-state index in [-0.39, 0.29) is 17.1 Å². The summed E-state index contributed by atoms with van der Waals surface area (Å²) in [5, 5.41) is 12.4. The van der Waals surface area contributed by atoms with Crippen LogP contribution in [-0.4, -0.2) is 83.7 Å². The van der Waals surface area contributed by atoms with Crippen molar-refractivity contribution in [1.82, 2.24) is 25.1 Å². The predicted octanol–water partition coefficient (Wildman–Crippen LogP) is 1.59. The number of aromatic nitrogens is 2. The second-order valence-corrected chi connectivity index (χ2v) is 10.1. The number of hydrogen-bond acceptors (Lipinski definition) is 7. The second-order valence-electron chi connectivity index (χ2n) is 10.1. The maximum atomic E-state index is 12.4. The lowest BCUT2D eigenvalue weighted by molar-refractivity contribution is 0.185. The third kappa shape index (κ3) is 6.31. The number of aromatic amines is 1. The van der Waals surface area contributed by atoms with Crippen LogP contribution in [0.1, 0.15) is 32.0 Å². The minimum atomic E-state index is -0.278. The minimum absolute atomic E-state index is 0.0658. The topological polar surface area (TPSA) is 112 Å². The molecule has 0 saturated carbocycles. The Morgan fingerprint density at radius 3 is 2.37 bits per heavy atom. The van der Waals surface area contributed by atoms with Crippen LogP contribution in [0.2, 0.25) is 0 Å². The molecule has 0 atom stereocenters. The fourth-order valence-corrected chi connectivity index (χ4v) is 4.47. The molecule has 2 fully saturated rings. The van der Waals surface area contributed by atoms with Gasteiger partial charge in [0.25, 0.3) is 5.56 Å². The van der Waals surface area contributed by atoms with Crippen LogP contribution >= 0.6 is 0 Å². The lowest BCUT2D eigenvalue weighted by Crippen LogP contribution is -2.55. The van der Waals surface area contributed by atoms with Crippen molar-refractivity contribution in [3.8, 4) is 6.07 Å². The molecule has 2 aliphatic rings. The number of benzene rings is 1. The normalized spacial score (nSPS) is 17.3.